The molecule has 3 aromatic rings. The monoisotopic (exact) mass is 542 g/mol. The minimum Gasteiger partial charge on any atom is -0.467 e. The summed E-state index contributed by atoms with van der Waals surface area (Å²) in [6, 6.07) is 19.0. The van der Waals surface area contributed by atoms with Crippen LogP contribution in [0, 0.1) is 5.41 Å². The van der Waals surface area contributed by atoms with E-state index in [0.717, 1.165) is 24.9 Å². The number of rotatable bonds is 7. The topological polar surface area (TPSA) is 101 Å². The highest BCUT2D eigenvalue weighted by Crippen LogP contribution is 2.41. The third kappa shape index (κ3) is 5.78. The molecule has 5 rings (SSSR count). The summed E-state index contributed by atoms with van der Waals surface area (Å²) in [6.45, 7) is 2.41. The molecule has 0 unspecified atom stereocenters. The highest BCUT2D eigenvalue weighted by Gasteiger charge is 2.43. The van der Waals surface area contributed by atoms with Gasteiger partial charge < -0.3 is 24.4 Å². The Bertz CT molecular complexity index is 1360. The van der Waals surface area contributed by atoms with Gasteiger partial charge in [0.2, 0.25) is 5.91 Å². The molecule has 9 nitrogen and oxygen atoms in total. The number of hydrogen-bond acceptors (Lipinski definition) is 5. The maximum atomic E-state index is 13.5. The zero-order chi connectivity index (χ0) is 28.1. The van der Waals surface area contributed by atoms with Crippen LogP contribution in [0.1, 0.15) is 46.4 Å². The van der Waals surface area contributed by atoms with Gasteiger partial charge in [0.25, 0.3) is 11.8 Å². The van der Waals surface area contributed by atoms with Crippen LogP contribution in [0.4, 0.5) is 0 Å². The Morgan fingerprint density at radius 1 is 0.850 bits per heavy atom. The smallest absolute Gasteiger partial charge is 0.328 e. The average Bonchev–Trinajstić information content (AvgIpc) is 3.68. The number of carbonyl (C=O) groups excluding carboxylic acids is 4. The number of amides is 3. The number of esters is 1. The van der Waals surface area contributed by atoms with Crippen molar-refractivity contribution >= 4 is 23.7 Å². The van der Waals surface area contributed by atoms with Gasteiger partial charge in [-0.15, -0.1) is 0 Å². The molecule has 1 spiro atoms. The van der Waals surface area contributed by atoms with Crippen molar-refractivity contribution in [3.63, 3.8) is 0 Å². The quantitative estimate of drug-likeness (QED) is 0.462. The summed E-state index contributed by atoms with van der Waals surface area (Å²) >= 11 is 0. The van der Waals surface area contributed by atoms with E-state index in [-0.39, 0.29) is 23.7 Å². The van der Waals surface area contributed by atoms with Gasteiger partial charge in [-0.3, -0.25) is 14.4 Å². The van der Waals surface area contributed by atoms with Gasteiger partial charge >= 0.3 is 5.97 Å². The predicted molar refractivity (Wildman–Crippen MR) is 149 cm³/mol. The van der Waals surface area contributed by atoms with Crippen LogP contribution in [0.15, 0.2) is 79.1 Å². The molecule has 1 N–H and O–H groups in total. The van der Waals surface area contributed by atoms with Gasteiger partial charge in [-0.2, -0.15) is 0 Å². The van der Waals surface area contributed by atoms with Crippen molar-refractivity contribution in [3.8, 4) is 5.69 Å². The highest BCUT2D eigenvalue weighted by atomic mass is 16.5. The fourth-order valence-corrected chi connectivity index (χ4v) is 5.76. The number of likely N-dealkylation sites (tertiary alicyclic amines) is 2. The van der Waals surface area contributed by atoms with E-state index >= 15 is 0 Å². The molecule has 2 fully saturated rings. The summed E-state index contributed by atoms with van der Waals surface area (Å²) < 4.78 is 6.81. The molecule has 40 heavy (non-hydrogen) atoms. The standard InChI is InChI=1S/C31H34N4O5/c1-40-30(39)25(32-28(37)23-9-3-2-4-10-23)21-27(36)35-20-15-31(22-35)13-18-34(19-14-31)29(38)24-11-5-6-12-26(24)33-16-7-8-17-33/h2-12,16-17,25H,13-15,18-22H2,1H3,(H,32,37)/t25-/m0/s1. The first kappa shape index (κ1) is 27.2. The van der Waals surface area contributed by atoms with Crippen LogP contribution in [-0.4, -0.2) is 77.4 Å². The molecular weight excluding hydrogens is 508 g/mol. The van der Waals surface area contributed by atoms with Crippen LogP contribution in [0.2, 0.25) is 0 Å². The summed E-state index contributed by atoms with van der Waals surface area (Å²) in [5.74, 6) is -1.27. The van der Waals surface area contributed by atoms with E-state index in [1.165, 1.54) is 7.11 Å². The predicted octanol–water partition coefficient (Wildman–Crippen LogP) is 3.29. The molecule has 3 amide bonds. The van der Waals surface area contributed by atoms with Gasteiger partial charge in [-0.05, 0) is 61.1 Å². The first-order valence-corrected chi connectivity index (χ1v) is 13.6. The number of para-hydroxylation sites is 1. The Kier molecular flexibility index (Phi) is 8.00. The first-order valence-electron chi connectivity index (χ1n) is 13.6. The van der Waals surface area contributed by atoms with E-state index in [1.807, 2.05) is 58.3 Å². The van der Waals surface area contributed by atoms with Crippen LogP contribution in [0.5, 0.6) is 0 Å². The second-order valence-corrected chi connectivity index (χ2v) is 10.6. The van der Waals surface area contributed by atoms with Crippen LogP contribution in [0.3, 0.4) is 0 Å². The third-order valence-electron chi connectivity index (χ3n) is 8.13. The van der Waals surface area contributed by atoms with Crippen LogP contribution in [-0.2, 0) is 14.3 Å². The van der Waals surface area contributed by atoms with Gasteiger partial charge in [-0.25, -0.2) is 4.79 Å². The first-order chi connectivity index (χ1) is 19.4. The van der Waals surface area contributed by atoms with Gasteiger partial charge in [0.15, 0.2) is 0 Å². The Labute approximate surface area is 233 Å². The average molecular weight is 543 g/mol. The van der Waals surface area contributed by atoms with Gasteiger partial charge in [0, 0.05) is 44.1 Å². The number of nitrogens with zero attached hydrogens (tertiary/aromatic N) is 3. The molecule has 3 heterocycles. The molecule has 0 aliphatic carbocycles. The number of aromatic nitrogens is 1. The van der Waals surface area contributed by atoms with Crippen LogP contribution >= 0.6 is 0 Å². The van der Waals surface area contributed by atoms with Gasteiger partial charge in [-0.1, -0.05) is 30.3 Å². The lowest BCUT2D eigenvalue weighted by Crippen LogP contribution is -2.47. The molecular formula is C31H34N4O5. The van der Waals surface area contributed by atoms with E-state index in [4.69, 9.17) is 4.74 Å². The van der Waals surface area contributed by atoms with Crippen molar-refractivity contribution in [2.45, 2.75) is 31.7 Å². The van der Waals surface area contributed by atoms with Crippen molar-refractivity contribution in [1.82, 2.24) is 19.7 Å². The van der Waals surface area contributed by atoms with Crippen LogP contribution < -0.4 is 5.32 Å². The zero-order valence-corrected chi connectivity index (χ0v) is 22.6. The SMILES string of the molecule is COC(=O)[C@H](CC(=O)N1CCC2(CCN(C(=O)c3ccccc3-n3cccc3)CC2)C1)NC(=O)c1ccccc1. The van der Waals surface area contributed by atoms with E-state index in [0.29, 0.717) is 37.3 Å². The molecule has 2 saturated heterocycles. The number of hydrogen-bond donors (Lipinski definition) is 1. The summed E-state index contributed by atoms with van der Waals surface area (Å²) in [6.07, 6.45) is 6.15. The molecule has 1 aromatic heterocycles. The Morgan fingerprint density at radius 2 is 1.48 bits per heavy atom. The zero-order valence-electron chi connectivity index (χ0n) is 22.6. The normalized spacial score (nSPS) is 16.9. The Morgan fingerprint density at radius 3 is 2.15 bits per heavy atom. The number of methoxy groups -OCH3 is 1. The largest absolute Gasteiger partial charge is 0.467 e. The second kappa shape index (κ2) is 11.8. The maximum absolute atomic E-state index is 13.5. The van der Waals surface area contributed by atoms with E-state index < -0.39 is 17.9 Å². The summed E-state index contributed by atoms with van der Waals surface area (Å²) in [4.78, 5) is 55.4. The van der Waals surface area contributed by atoms with Crippen molar-refractivity contribution in [2.24, 2.45) is 5.41 Å². The molecule has 2 aliphatic rings. The van der Waals surface area contributed by atoms with Gasteiger partial charge in [0.05, 0.1) is 24.8 Å². The molecule has 0 radical (unpaired) electrons. The fraction of sp³-hybridized carbons (Fsp3) is 0.355. The van der Waals surface area contributed by atoms with Crippen molar-refractivity contribution in [3.05, 3.63) is 90.3 Å². The number of benzene rings is 2. The maximum Gasteiger partial charge on any atom is 0.328 e. The number of carbonyl (C=O) groups is 4. The highest BCUT2D eigenvalue weighted by molar-refractivity contribution is 5.98. The minimum absolute atomic E-state index is 0.0140. The summed E-state index contributed by atoms with van der Waals surface area (Å²) in [5, 5.41) is 2.65. The van der Waals surface area contributed by atoms with E-state index in [2.05, 4.69) is 5.32 Å². The lowest BCUT2D eigenvalue weighted by Gasteiger charge is -2.39. The molecule has 0 bridgehead atoms. The number of ether oxygens (including phenoxy) is 1. The molecule has 1 atom stereocenters. The van der Waals surface area contributed by atoms with E-state index in [9.17, 15) is 19.2 Å². The summed E-state index contributed by atoms with van der Waals surface area (Å²) in [5.41, 5.74) is 1.88. The van der Waals surface area contributed by atoms with E-state index in [1.54, 1.807) is 35.2 Å². The van der Waals surface area contributed by atoms with Crippen molar-refractivity contribution < 1.29 is 23.9 Å². The molecule has 2 aromatic carbocycles. The molecule has 208 valence electrons. The molecule has 0 saturated carbocycles. The minimum atomic E-state index is -1.07. The van der Waals surface area contributed by atoms with Crippen molar-refractivity contribution in [1.29, 1.82) is 0 Å². The Balaban J connectivity index is 1.18. The number of piperidine rings is 1. The molecule has 2 aliphatic heterocycles. The number of nitrogens with one attached hydrogen (secondary N) is 1. The Hall–Kier alpha value is -4.40. The fourth-order valence-electron chi connectivity index (χ4n) is 5.76. The van der Waals surface area contributed by atoms with Crippen molar-refractivity contribution in [2.75, 3.05) is 33.3 Å². The lowest BCUT2D eigenvalue weighted by molar-refractivity contribution is -0.146. The third-order valence-corrected chi connectivity index (χ3v) is 8.13. The second-order valence-electron chi connectivity index (χ2n) is 10.6. The van der Waals surface area contributed by atoms with Gasteiger partial charge in [0.1, 0.15) is 6.04 Å². The molecule has 9 heteroatoms. The summed E-state index contributed by atoms with van der Waals surface area (Å²) in [7, 11) is 1.24. The van der Waals surface area contributed by atoms with Crippen LogP contribution in [0.25, 0.3) is 5.69 Å². The lowest BCUT2D eigenvalue weighted by atomic mass is 9.77.